The molecule has 0 aliphatic carbocycles. The molecule has 0 saturated heterocycles. The summed E-state index contributed by atoms with van der Waals surface area (Å²) in [5, 5.41) is 0. The standard InChI is InChI=1S/C14H19F2NO2/c1-14(2,3)19-13(18)10(8-17)6-9-4-5-11(15)7-12(9)16/h4-5,7,10H,6,8,17H2,1-3H3. The number of rotatable bonds is 4. The number of nitrogens with two attached hydrogens (primary N) is 1. The summed E-state index contributed by atoms with van der Waals surface area (Å²) in [6.07, 6.45) is 0.0948. The van der Waals surface area contributed by atoms with Gasteiger partial charge in [-0.2, -0.15) is 0 Å². The Balaban J connectivity index is 2.79. The van der Waals surface area contributed by atoms with Crippen molar-refractivity contribution in [2.75, 3.05) is 6.54 Å². The number of hydrogen-bond acceptors (Lipinski definition) is 3. The Morgan fingerprint density at radius 2 is 2.00 bits per heavy atom. The predicted molar refractivity (Wildman–Crippen MR) is 68.5 cm³/mol. The highest BCUT2D eigenvalue weighted by Crippen LogP contribution is 2.17. The number of carbonyl (C=O) groups excluding carboxylic acids is 1. The van der Waals surface area contributed by atoms with Crippen LogP contribution in [-0.4, -0.2) is 18.1 Å². The average molecular weight is 271 g/mol. The molecule has 0 fully saturated rings. The minimum Gasteiger partial charge on any atom is -0.460 e. The summed E-state index contributed by atoms with van der Waals surface area (Å²) in [6.45, 7) is 5.29. The van der Waals surface area contributed by atoms with Gasteiger partial charge in [-0.15, -0.1) is 0 Å². The van der Waals surface area contributed by atoms with Crippen molar-refractivity contribution in [3.05, 3.63) is 35.4 Å². The zero-order valence-corrected chi connectivity index (χ0v) is 11.4. The maximum absolute atomic E-state index is 13.5. The Labute approximate surface area is 111 Å². The van der Waals surface area contributed by atoms with Crippen LogP contribution in [0.3, 0.4) is 0 Å². The van der Waals surface area contributed by atoms with E-state index in [0.717, 1.165) is 12.1 Å². The second kappa shape index (κ2) is 6.10. The molecule has 1 rings (SSSR count). The van der Waals surface area contributed by atoms with Crippen molar-refractivity contribution in [1.82, 2.24) is 0 Å². The molecule has 0 saturated carbocycles. The van der Waals surface area contributed by atoms with Crippen molar-refractivity contribution in [3.63, 3.8) is 0 Å². The number of esters is 1. The fourth-order valence-electron chi connectivity index (χ4n) is 1.60. The van der Waals surface area contributed by atoms with E-state index >= 15 is 0 Å². The van der Waals surface area contributed by atoms with Crippen LogP contribution in [0.15, 0.2) is 18.2 Å². The van der Waals surface area contributed by atoms with Gasteiger partial charge < -0.3 is 10.5 Å². The Kier molecular flexibility index (Phi) is 5.00. The molecule has 0 amide bonds. The molecule has 0 aromatic heterocycles. The molecule has 0 aliphatic rings. The van der Waals surface area contributed by atoms with Crippen LogP contribution in [0.2, 0.25) is 0 Å². The van der Waals surface area contributed by atoms with Gasteiger partial charge in [0.1, 0.15) is 17.2 Å². The van der Waals surface area contributed by atoms with E-state index in [-0.39, 0.29) is 18.5 Å². The molecule has 1 atom stereocenters. The lowest BCUT2D eigenvalue weighted by molar-refractivity contribution is -0.159. The SMILES string of the molecule is CC(C)(C)OC(=O)C(CN)Cc1ccc(F)cc1F. The molecule has 1 aromatic carbocycles. The van der Waals surface area contributed by atoms with Crippen LogP contribution in [0, 0.1) is 17.6 Å². The highest BCUT2D eigenvalue weighted by Gasteiger charge is 2.25. The average Bonchev–Trinajstić information content (AvgIpc) is 2.25. The second-order valence-electron chi connectivity index (χ2n) is 5.41. The quantitative estimate of drug-likeness (QED) is 0.856. The molecular formula is C14H19F2NO2. The van der Waals surface area contributed by atoms with Crippen LogP contribution in [0.4, 0.5) is 8.78 Å². The van der Waals surface area contributed by atoms with Gasteiger partial charge in [0.15, 0.2) is 0 Å². The van der Waals surface area contributed by atoms with Crippen molar-refractivity contribution in [2.24, 2.45) is 11.7 Å². The molecular weight excluding hydrogens is 252 g/mol. The first-order valence-electron chi connectivity index (χ1n) is 6.10. The van der Waals surface area contributed by atoms with Gasteiger partial charge in [-0.25, -0.2) is 8.78 Å². The summed E-state index contributed by atoms with van der Waals surface area (Å²) < 4.78 is 31.5. The maximum atomic E-state index is 13.5. The van der Waals surface area contributed by atoms with Crippen LogP contribution >= 0.6 is 0 Å². The molecule has 0 heterocycles. The fourth-order valence-corrected chi connectivity index (χ4v) is 1.60. The molecule has 0 spiro atoms. The van der Waals surface area contributed by atoms with Crippen LogP contribution < -0.4 is 5.73 Å². The molecule has 5 heteroatoms. The zero-order valence-electron chi connectivity index (χ0n) is 11.4. The number of ether oxygens (including phenoxy) is 1. The third kappa shape index (κ3) is 4.95. The van der Waals surface area contributed by atoms with Crippen LogP contribution in [0.25, 0.3) is 0 Å². The lowest BCUT2D eigenvalue weighted by Crippen LogP contribution is -2.33. The monoisotopic (exact) mass is 271 g/mol. The first-order valence-corrected chi connectivity index (χ1v) is 6.10. The van der Waals surface area contributed by atoms with Crippen molar-refractivity contribution >= 4 is 5.97 Å². The summed E-state index contributed by atoms with van der Waals surface area (Å²) >= 11 is 0. The van der Waals surface area contributed by atoms with E-state index in [1.807, 2.05) is 0 Å². The summed E-state index contributed by atoms with van der Waals surface area (Å²) in [5.74, 6) is -2.44. The minimum atomic E-state index is -0.679. The van der Waals surface area contributed by atoms with E-state index in [0.29, 0.717) is 0 Å². The molecule has 1 unspecified atom stereocenters. The number of carbonyl (C=O) groups is 1. The van der Waals surface area contributed by atoms with E-state index in [1.165, 1.54) is 6.07 Å². The van der Waals surface area contributed by atoms with Gasteiger partial charge in [-0.05, 0) is 38.8 Å². The highest BCUT2D eigenvalue weighted by molar-refractivity contribution is 5.73. The van der Waals surface area contributed by atoms with Crippen molar-refractivity contribution in [1.29, 1.82) is 0 Å². The molecule has 3 nitrogen and oxygen atoms in total. The lowest BCUT2D eigenvalue weighted by atomic mass is 9.98. The van der Waals surface area contributed by atoms with Gasteiger partial charge >= 0.3 is 5.97 Å². The van der Waals surface area contributed by atoms with Gasteiger partial charge in [0.25, 0.3) is 0 Å². The van der Waals surface area contributed by atoms with Crippen molar-refractivity contribution < 1.29 is 18.3 Å². The Morgan fingerprint density at radius 3 is 2.47 bits per heavy atom. The second-order valence-corrected chi connectivity index (χ2v) is 5.41. The van der Waals surface area contributed by atoms with Gasteiger partial charge in [0.2, 0.25) is 0 Å². The predicted octanol–water partition coefficient (Wildman–Crippen LogP) is 2.42. The Hall–Kier alpha value is -1.49. The Morgan fingerprint density at radius 1 is 1.37 bits per heavy atom. The third-order valence-electron chi connectivity index (χ3n) is 2.51. The molecule has 106 valence electrons. The summed E-state index contributed by atoms with van der Waals surface area (Å²) in [6, 6.07) is 3.26. The van der Waals surface area contributed by atoms with E-state index in [1.54, 1.807) is 20.8 Å². The normalized spacial score (nSPS) is 13.2. The lowest BCUT2D eigenvalue weighted by Gasteiger charge is -2.23. The summed E-state index contributed by atoms with van der Waals surface area (Å²) in [5.41, 5.74) is 5.16. The van der Waals surface area contributed by atoms with Crippen molar-refractivity contribution in [3.8, 4) is 0 Å². The van der Waals surface area contributed by atoms with Gasteiger partial charge in [-0.1, -0.05) is 6.07 Å². The van der Waals surface area contributed by atoms with E-state index in [2.05, 4.69) is 0 Å². The number of hydrogen-bond donors (Lipinski definition) is 1. The first-order chi connectivity index (χ1) is 8.73. The van der Waals surface area contributed by atoms with Crippen molar-refractivity contribution in [2.45, 2.75) is 32.8 Å². The smallest absolute Gasteiger partial charge is 0.311 e. The molecule has 2 N–H and O–H groups in total. The molecule has 19 heavy (non-hydrogen) atoms. The largest absolute Gasteiger partial charge is 0.460 e. The molecule has 1 aromatic rings. The topological polar surface area (TPSA) is 52.3 Å². The number of halogens is 2. The van der Waals surface area contributed by atoms with E-state index in [4.69, 9.17) is 10.5 Å². The summed E-state index contributed by atoms with van der Waals surface area (Å²) in [4.78, 5) is 11.9. The fraction of sp³-hybridized carbons (Fsp3) is 0.500. The number of benzene rings is 1. The Bertz CT molecular complexity index is 455. The van der Waals surface area contributed by atoms with Gasteiger partial charge in [-0.3, -0.25) is 4.79 Å². The molecule has 0 aliphatic heterocycles. The maximum Gasteiger partial charge on any atom is 0.311 e. The van der Waals surface area contributed by atoms with E-state index in [9.17, 15) is 13.6 Å². The van der Waals surface area contributed by atoms with Crippen LogP contribution in [-0.2, 0) is 16.0 Å². The van der Waals surface area contributed by atoms with Crippen LogP contribution in [0.1, 0.15) is 26.3 Å². The summed E-state index contributed by atoms with van der Waals surface area (Å²) in [7, 11) is 0. The van der Waals surface area contributed by atoms with E-state index < -0.39 is 29.1 Å². The van der Waals surface area contributed by atoms with Crippen LogP contribution in [0.5, 0.6) is 0 Å². The van der Waals surface area contributed by atoms with Gasteiger partial charge in [0, 0.05) is 12.6 Å². The highest BCUT2D eigenvalue weighted by atomic mass is 19.1. The minimum absolute atomic E-state index is 0.0474. The van der Waals surface area contributed by atoms with Gasteiger partial charge in [0.05, 0.1) is 5.92 Å². The molecule has 0 radical (unpaired) electrons. The molecule has 0 bridgehead atoms. The first kappa shape index (κ1) is 15.6. The zero-order chi connectivity index (χ0) is 14.6. The third-order valence-corrected chi connectivity index (χ3v) is 2.51.